The van der Waals surface area contributed by atoms with Crippen LogP contribution in [0.25, 0.3) is 0 Å². The van der Waals surface area contributed by atoms with Crippen LogP contribution >= 0.6 is 11.3 Å². The second-order valence-corrected chi connectivity index (χ2v) is 9.22. The van der Waals surface area contributed by atoms with Crippen LogP contribution in [0.15, 0.2) is 15.7 Å². The molecule has 0 spiro atoms. The van der Waals surface area contributed by atoms with Gasteiger partial charge in [-0.1, -0.05) is 20.8 Å². The highest BCUT2D eigenvalue weighted by Crippen LogP contribution is 2.33. The maximum atomic E-state index is 12.9. The molecule has 6 heteroatoms. The van der Waals surface area contributed by atoms with Crippen molar-refractivity contribution in [1.29, 1.82) is 0 Å². The number of hydrogen-bond donors (Lipinski definition) is 1. The van der Waals surface area contributed by atoms with Gasteiger partial charge in [-0.2, -0.15) is 4.31 Å². The van der Waals surface area contributed by atoms with Crippen LogP contribution in [-0.4, -0.2) is 31.9 Å². The Morgan fingerprint density at radius 2 is 2.10 bits per heavy atom. The van der Waals surface area contributed by atoms with E-state index in [9.17, 15) is 8.42 Å². The minimum Gasteiger partial charge on any atom is -0.313 e. The first-order valence-corrected chi connectivity index (χ1v) is 9.98. The van der Waals surface area contributed by atoms with Crippen molar-refractivity contribution in [1.82, 2.24) is 9.62 Å². The second-order valence-electron chi connectivity index (χ2n) is 6.19. The first kappa shape index (κ1) is 16.9. The average molecular weight is 331 g/mol. The molecular weight excluding hydrogens is 304 g/mol. The van der Waals surface area contributed by atoms with Crippen molar-refractivity contribution in [3.05, 3.63) is 17.0 Å². The lowest BCUT2D eigenvalue weighted by molar-refractivity contribution is 0.157. The van der Waals surface area contributed by atoms with Crippen molar-refractivity contribution in [2.24, 2.45) is 11.8 Å². The molecule has 120 valence electrons. The molecule has 1 aromatic heterocycles. The molecule has 0 aromatic carbocycles. The summed E-state index contributed by atoms with van der Waals surface area (Å²) >= 11 is 1.34. The summed E-state index contributed by atoms with van der Waals surface area (Å²) in [6.07, 6.45) is 1.10. The maximum Gasteiger partial charge on any atom is 0.252 e. The number of hydrogen-bond acceptors (Lipinski definition) is 4. The Kier molecular flexibility index (Phi) is 5.46. The number of piperidine rings is 1. The minimum absolute atomic E-state index is 0.0746. The van der Waals surface area contributed by atoms with E-state index < -0.39 is 10.0 Å². The van der Waals surface area contributed by atoms with Crippen LogP contribution in [0.3, 0.4) is 0 Å². The zero-order valence-electron chi connectivity index (χ0n) is 13.3. The molecule has 1 aliphatic rings. The molecule has 1 N–H and O–H groups in total. The van der Waals surface area contributed by atoms with Gasteiger partial charge in [-0.15, -0.1) is 11.3 Å². The van der Waals surface area contributed by atoms with Gasteiger partial charge in [0.25, 0.3) is 10.0 Å². The third-order valence-corrected chi connectivity index (χ3v) is 7.73. The van der Waals surface area contributed by atoms with E-state index in [4.69, 9.17) is 0 Å². The van der Waals surface area contributed by atoms with Gasteiger partial charge < -0.3 is 5.32 Å². The number of nitrogens with one attached hydrogen (secondary N) is 1. The topological polar surface area (TPSA) is 49.4 Å². The molecule has 1 saturated heterocycles. The van der Waals surface area contributed by atoms with E-state index >= 15 is 0 Å². The summed E-state index contributed by atoms with van der Waals surface area (Å²) in [4.78, 5) is 0. The number of nitrogens with zero attached hydrogens (tertiary/aromatic N) is 1. The van der Waals surface area contributed by atoms with Crippen molar-refractivity contribution >= 4 is 21.4 Å². The van der Waals surface area contributed by atoms with Crippen LogP contribution in [-0.2, 0) is 16.6 Å². The van der Waals surface area contributed by atoms with E-state index in [0.29, 0.717) is 22.6 Å². The SMILES string of the molecule is CCNCc1csc(S(=O)(=O)N2CC(C)CC(C)C2C)c1. The quantitative estimate of drug-likeness (QED) is 0.903. The Hall–Kier alpha value is -0.430. The fourth-order valence-corrected chi connectivity index (χ4v) is 6.13. The van der Waals surface area contributed by atoms with Gasteiger partial charge in [-0.25, -0.2) is 8.42 Å². The molecule has 0 amide bonds. The smallest absolute Gasteiger partial charge is 0.252 e. The zero-order chi connectivity index (χ0) is 15.6. The third kappa shape index (κ3) is 3.67. The highest BCUT2D eigenvalue weighted by atomic mass is 32.2. The molecule has 0 radical (unpaired) electrons. The maximum absolute atomic E-state index is 12.9. The zero-order valence-corrected chi connectivity index (χ0v) is 14.9. The third-order valence-electron chi connectivity index (χ3n) is 4.32. The Balaban J connectivity index is 2.22. The van der Waals surface area contributed by atoms with Gasteiger partial charge in [0.2, 0.25) is 0 Å². The van der Waals surface area contributed by atoms with Crippen LogP contribution in [0.4, 0.5) is 0 Å². The van der Waals surface area contributed by atoms with E-state index in [-0.39, 0.29) is 6.04 Å². The summed E-state index contributed by atoms with van der Waals surface area (Å²) in [5, 5.41) is 5.17. The first-order valence-electron chi connectivity index (χ1n) is 7.66. The van der Waals surface area contributed by atoms with Crippen LogP contribution in [0, 0.1) is 11.8 Å². The second kappa shape index (κ2) is 6.77. The van der Waals surface area contributed by atoms with E-state index in [2.05, 4.69) is 19.2 Å². The fourth-order valence-electron chi connectivity index (χ4n) is 2.95. The first-order chi connectivity index (χ1) is 9.86. The van der Waals surface area contributed by atoms with Crippen LogP contribution in [0.2, 0.25) is 0 Å². The molecule has 3 unspecified atom stereocenters. The van der Waals surface area contributed by atoms with Gasteiger partial charge in [0.05, 0.1) is 0 Å². The molecule has 3 atom stereocenters. The van der Waals surface area contributed by atoms with Crippen molar-refractivity contribution in [3.63, 3.8) is 0 Å². The van der Waals surface area contributed by atoms with Crippen LogP contribution < -0.4 is 5.32 Å². The van der Waals surface area contributed by atoms with Crippen molar-refractivity contribution in [3.8, 4) is 0 Å². The molecular formula is C15H26N2O2S2. The minimum atomic E-state index is -3.36. The van der Waals surface area contributed by atoms with E-state index in [1.807, 2.05) is 25.3 Å². The molecule has 1 aliphatic heterocycles. The standard InChI is InChI=1S/C15H26N2O2S2/c1-5-16-8-14-7-15(20-10-14)21(18,19)17-9-11(2)6-12(3)13(17)4/h7,10-13,16H,5-6,8-9H2,1-4H3. The summed E-state index contributed by atoms with van der Waals surface area (Å²) in [7, 11) is -3.36. The molecule has 2 rings (SSSR count). The highest BCUT2D eigenvalue weighted by molar-refractivity contribution is 7.91. The molecule has 0 saturated carbocycles. The predicted octanol–water partition coefficient (Wildman–Crippen LogP) is 2.91. The molecule has 0 aliphatic carbocycles. The number of sulfonamides is 1. The lowest BCUT2D eigenvalue weighted by Crippen LogP contribution is -2.48. The van der Waals surface area contributed by atoms with E-state index in [1.165, 1.54) is 11.3 Å². The molecule has 2 heterocycles. The predicted molar refractivity (Wildman–Crippen MR) is 88.0 cm³/mol. The lowest BCUT2D eigenvalue weighted by Gasteiger charge is -2.39. The molecule has 1 fully saturated rings. The summed E-state index contributed by atoms with van der Waals surface area (Å²) < 4.78 is 28.0. The Bertz CT molecular complexity index is 568. The van der Waals surface area contributed by atoms with Gasteiger partial charge in [0.1, 0.15) is 4.21 Å². The summed E-state index contributed by atoms with van der Waals surface area (Å²) in [5.74, 6) is 0.830. The van der Waals surface area contributed by atoms with Gasteiger partial charge in [-0.05, 0) is 48.7 Å². The van der Waals surface area contributed by atoms with E-state index in [1.54, 1.807) is 4.31 Å². The van der Waals surface area contributed by atoms with Crippen molar-refractivity contribution in [2.75, 3.05) is 13.1 Å². The Morgan fingerprint density at radius 3 is 2.76 bits per heavy atom. The van der Waals surface area contributed by atoms with Gasteiger partial charge in [0, 0.05) is 19.1 Å². The lowest BCUT2D eigenvalue weighted by atomic mass is 9.88. The number of thiophene rings is 1. The molecule has 21 heavy (non-hydrogen) atoms. The highest BCUT2D eigenvalue weighted by Gasteiger charge is 2.37. The Morgan fingerprint density at radius 1 is 1.38 bits per heavy atom. The van der Waals surface area contributed by atoms with Gasteiger partial charge in [0.15, 0.2) is 0 Å². The molecule has 0 bridgehead atoms. The van der Waals surface area contributed by atoms with Crippen molar-refractivity contribution in [2.45, 2.75) is 50.9 Å². The van der Waals surface area contributed by atoms with Crippen LogP contribution in [0.1, 0.15) is 39.7 Å². The van der Waals surface area contributed by atoms with Crippen molar-refractivity contribution < 1.29 is 8.42 Å². The normalized spacial score (nSPS) is 27.9. The largest absolute Gasteiger partial charge is 0.313 e. The van der Waals surface area contributed by atoms with E-state index in [0.717, 1.165) is 25.1 Å². The fraction of sp³-hybridized carbons (Fsp3) is 0.733. The van der Waals surface area contributed by atoms with Gasteiger partial charge >= 0.3 is 0 Å². The molecule has 1 aromatic rings. The number of rotatable bonds is 5. The average Bonchev–Trinajstić information content (AvgIpc) is 2.90. The monoisotopic (exact) mass is 330 g/mol. The summed E-state index contributed by atoms with van der Waals surface area (Å²) in [6, 6.07) is 1.89. The summed E-state index contributed by atoms with van der Waals surface area (Å²) in [5.41, 5.74) is 1.05. The summed E-state index contributed by atoms with van der Waals surface area (Å²) in [6.45, 7) is 10.6. The molecule has 4 nitrogen and oxygen atoms in total. The van der Waals surface area contributed by atoms with Gasteiger partial charge in [-0.3, -0.25) is 0 Å². The van der Waals surface area contributed by atoms with Crippen LogP contribution in [0.5, 0.6) is 0 Å². The Labute approximate surface area is 132 Å².